The fraction of sp³-hybridized carbons (Fsp3) is 0.351. The SMILES string of the molecule is CC(C)Oc1ccc([N+](=O)[O-])cc1[CH]=[Ru]([Cl])[Cl].CCc1cccc(CC)c1N1[CH-][C@](C)(c2cccc3ccccc23)CC1(C)C. The summed E-state index contributed by atoms with van der Waals surface area (Å²) in [5.74, 6) is 0.561. The number of hydrogen-bond donors (Lipinski definition) is 0. The molecule has 0 aromatic heterocycles. The summed E-state index contributed by atoms with van der Waals surface area (Å²) >= 11 is -2.05. The van der Waals surface area contributed by atoms with Gasteiger partial charge < -0.3 is 4.90 Å². The van der Waals surface area contributed by atoms with Crippen molar-refractivity contribution in [3.8, 4) is 5.75 Å². The average Bonchev–Trinajstić information content (AvgIpc) is 3.25. The average molecular weight is 736 g/mol. The summed E-state index contributed by atoms with van der Waals surface area (Å²) in [6, 6.07) is 26.7. The second-order valence-electron chi connectivity index (χ2n) is 12.5. The summed E-state index contributed by atoms with van der Waals surface area (Å²) < 4.78 is 7.17. The van der Waals surface area contributed by atoms with Crippen LogP contribution in [0.4, 0.5) is 11.4 Å². The number of fused-ring (bicyclic) bond motifs is 1. The van der Waals surface area contributed by atoms with Crippen LogP contribution in [0.5, 0.6) is 5.75 Å². The Kier molecular flexibility index (Phi) is 11.5. The second-order valence-corrected chi connectivity index (χ2v) is 18.2. The zero-order chi connectivity index (χ0) is 32.9. The fourth-order valence-corrected chi connectivity index (χ4v) is 8.23. The fourth-order valence-electron chi connectivity index (χ4n) is 6.44. The van der Waals surface area contributed by atoms with Crippen LogP contribution < -0.4 is 9.64 Å². The van der Waals surface area contributed by atoms with Gasteiger partial charge in [-0.3, -0.25) is 0 Å². The Morgan fingerprint density at radius 1 is 0.978 bits per heavy atom. The van der Waals surface area contributed by atoms with E-state index in [4.69, 9.17) is 24.1 Å². The Morgan fingerprint density at radius 3 is 2.20 bits per heavy atom. The number of anilines is 1. The molecule has 0 amide bonds. The molecule has 4 aromatic carbocycles. The molecule has 0 radical (unpaired) electrons. The standard InChI is InChI=1S/C27H32N.C10H11NO3.2ClH.Ru/c1-6-20-13-10-14-21(7-2)25(20)28-19-27(5,18-26(28,3)4)24-17-11-15-22-12-8-9-16-23(22)24;1-7(2)14-10-5-4-9(11(12)13)6-8(10)3;;;/h8-17,19H,6-7,18H2,1-5H3;3-7H,1-2H3;2*1H;/q-1;;;;+2/p-2/t27-;;;;/m1..../s1. The van der Waals surface area contributed by atoms with Crippen molar-refractivity contribution in [1.82, 2.24) is 0 Å². The van der Waals surface area contributed by atoms with E-state index in [9.17, 15) is 10.1 Å². The second kappa shape index (κ2) is 14.8. The molecule has 45 heavy (non-hydrogen) atoms. The van der Waals surface area contributed by atoms with Gasteiger partial charge in [-0.2, -0.15) is 0 Å². The molecule has 5 nitrogen and oxygen atoms in total. The van der Waals surface area contributed by atoms with E-state index in [0.29, 0.717) is 11.3 Å². The van der Waals surface area contributed by atoms with Crippen molar-refractivity contribution in [1.29, 1.82) is 0 Å². The van der Waals surface area contributed by atoms with Crippen molar-refractivity contribution in [2.75, 3.05) is 4.90 Å². The summed E-state index contributed by atoms with van der Waals surface area (Å²) in [4.78, 5) is 12.8. The van der Waals surface area contributed by atoms with Crippen LogP contribution in [0.15, 0.2) is 78.9 Å². The zero-order valence-corrected chi connectivity index (χ0v) is 30.3. The number of nitrogens with zero attached hydrogens (tertiary/aromatic N) is 2. The van der Waals surface area contributed by atoms with E-state index < -0.39 is 18.4 Å². The van der Waals surface area contributed by atoms with Crippen LogP contribution >= 0.6 is 19.4 Å². The van der Waals surface area contributed by atoms with Gasteiger partial charge in [-0.05, 0) is 55.0 Å². The predicted molar refractivity (Wildman–Crippen MR) is 188 cm³/mol. The molecule has 1 saturated heterocycles. The number of halogens is 2. The van der Waals surface area contributed by atoms with Crippen LogP contribution in [0.1, 0.15) is 77.1 Å². The van der Waals surface area contributed by atoms with Gasteiger partial charge in [0.05, 0.1) is 0 Å². The van der Waals surface area contributed by atoms with Crippen molar-refractivity contribution < 1.29 is 23.2 Å². The molecule has 1 heterocycles. The first-order valence-corrected chi connectivity index (χ1v) is 20.8. The quantitative estimate of drug-likeness (QED) is 0.0783. The first-order chi connectivity index (χ1) is 21.3. The smallest absolute Gasteiger partial charge is 0.0140 e. The van der Waals surface area contributed by atoms with E-state index >= 15 is 0 Å². The molecule has 1 aliphatic heterocycles. The molecule has 8 heteroatoms. The van der Waals surface area contributed by atoms with Crippen molar-refractivity contribution >= 4 is 46.1 Å². The van der Waals surface area contributed by atoms with Gasteiger partial charge in [0.25, 0.3) is 0 Å². The summed E-state index contributed by atoms with van der Waals surface area (Å²) in [7, 11) is 11.6. The normalized spacial score (nSPS) is 17.6. The Labute approximate surface area is 281 Å². The van der Waals surface area contributed by atoms with Crippen LogP contribution in [0.2, 0.25) is 0 Å². The van der Waals surface area contributed by atoms with Gasteiger partial charge in [0.2, 0.25) is 0 Å². The number of para-hydroxylation sites is 1. The summed E-state index contributed by atoms with van der Waals surface area (Å²) in [6.07, 6.45) is 3.22. The third-order valence-corrected chi connectivity index (χ3v) is 10.1. The molecular weight excluding hydrogens is 692 g/mol. The Hall–Kier alpha value is -2.79. The van der Waals surface area contributed by atoms with E-state index in [1.54, 1.807) is 10.7 Å². The van der Waals surface area contributed by atoms with Gasteiger partial charge in [0.15, 0.2) is 0 Å². The monoisotopic (exact) mass is 735 g/mol. The minimum Gasteiger partial charge on any atom is -0.517 e. The maximum Gasteiger partial charge on any atom is 0.0140 e. The van der Waals surface area contributed by atoms with Gasteiger partial charge in [-0.15, -0.1) is 5.41 Å². The Bertz CT molecular complexity index is 1670. The number of nitro benzene ring substituents is 1. The number of hydrogen-bond acceptors (Lipinski definition) is 4. The van der Waals surface area contributed by atoms with Crippen molar-refractivity contribution in [2.24, 2.45) is 0 Å². The van der Waals surface area contributed by atoms with E-state index in [0.717, 1.165) is 19.3 Å². The van der Waals surface area contributed by atoms with Crippen molar-refractivity contribution in [3.05, 3.63) is 118 Å². The molecule has 1 fully saturated rings. The number of aryl methyl sites for hydroxylation is 2. The number of ether oxygens (including phenoxy) is 1. The minimum atomic E-state index is -2.05. The van der Waals surface area contributed by atoms with Crippen LogP contribution in [0, 0.1) is 16.7 Å². The molecule has 0 saturated carbocycles. The molecule has 1 aliphatic rings. The van der Waals surface area contributed by atoms with E-state index in [1.165, 1.54) is 45.3 Å². The van der Waals surface area contributed by atoms with Crippen LogP contribution in [0.25, 0.3) is 10.8 Å². The molecular formula is C37H43Cl2N2O3Ru-. The molecule has 0 N–H and O–H groups in total. The third kappa shape index (κ3) is 8.14. The summed E-state index contributed by atoms with van der Waals surface area (Å²) in [5.41, 5.74) is 6.43. The molecule has 5 rings (SSSR count). The molecule has 4 aromatic rings. The first-order valence-electron chi connectivity index (χ1n) is 15.3. The number of benzene rings is 4. The maximum atomic E-state index is 10.7. The number of non-ortho nitro benzene ring substituents is 1. The molecule has 1 atom stereocenters. The van der Waals surface area contributed by atoms with Crippen LogP contribution in [-0.4, -0.2) is 21.2 Å². The number of nitro groups is 1. The zero-order valence-electron chi connectivity index (χ0n) is 27.1. The van der Waals surface area contributed by atoms with Gasteiger partial charge in [-0.1, -0.05) is 87.0 Å². The van der Waals surface area contributed by atoms with Gasteiger partial charge >= 0.3 is 112 Å². The molecule has 0 aliphatic carbocycles. The largest absolute Gasteiger partial charge is 0.517 e. The van der Waals surface area contributed by atoms with E-state index in [-0.39, 0.29) is 22.7 Å². The summed E-state index contributed by atoms with van der Waals surface area (Å²) in [5, 5.41) is 13.4. The molecule has 0 unspecified atom stereocenters. The van der Waals surface area contributed by atoms with Crippen molar-refractivity contribution in [2.45, 2.75) is 84.8 Å². The van der Waals surface area contributed by atoms with E-state index in [1.807, 2.05) is 13.8 Å². The molecule has 0 bridgehead atoms. The Balaban J connectivity index is 0.000000233. The van der Waals surface area contributed by atoms with Crippen LogP contribution in [0.3, 0.4) is 0 Å². The van der Waals surface area contributed by atoms with Gasteiger partial charge in [0.1, 0.15) is 0 Å². The maximum absolute atomic E-state index is 10.7. The molecule has 242 valence electrons. The minimum absolute atomic E-state index is 0.00360. The van der Waals surface area contributed by atoms with Gasteiger partial charge in [-0.25, -0.2) is 6.54 Å². The van der Waals surface area contributed by atoms with Crippen LogP contribution in [-0.2, 0) is 31.8 Å². The van der Waals surface area contributed by atoms with Gasteiger partial charge in [0, 0.05) is 11.2 Å². The predicted octanol–water partition coefficient (Wildman–Crippen LogP) is 10.5. The van der Waals surface area contributed by atoms with E-state index in [2.05, 4.69) is 107 Å². The third-order valence-electron chi connectivity index (χ3n) is 8.23. The number of rotatable bonds is 8. The molecule has 0 spiro atoms. The Morgan fingerprint density at radius 2 is 1.60 bits per heavy atom. The van der Waals surface area contributed by atoms with Crippen molar-refractivity contribution in [3.63, 3.8) is 0 Å². The first kappa shape index (κ1) is 35.1. The topological polar surface area (TPSA) is 55.6 Å². The summed E-state index contributed by atoms with van der Waals surface area (Å²) in [6.45, 7) is 18.0.